The highest BCUT2D eigenvalue weighted by Crippen LogP contribution is 2.13. The number of amides is 1. The Morgan fingerprint density at radius 3 is 1.05 bits per heavy atom. The molecule has 1 amide bonds. The Bertz CT molecular complexity index is 1400. The lowest BCUT2D eigenvalue weighted by atomic mass is 10.0. The first-order valence-corrected chi connectivity index (χ1v) is 25.2. The molecule has 0 aromatic carbocycles. The molecule has 0 saturated heterocycles. The van der Waals surface area contributed by atoms with E-state index in [2.05, 4.69) is 165 Å². The second-order valence-electron chi connectivity index (χ2n) is 16.1. The third-order valence-corrected chi connectivity index (χ3v) is 10.2. The summed E-state index contributed by atoms with van der Waals surface area (Å²) in [4.78, 5) is 12.4. The van der Waals surface area contributed by atoms with Gasteiger partial charge in [0, 0.05) is 6.42 Å². The van der Waals surface area contributed by atoms with Crippen LogP contribution >= 0.6 is 0 Å². The summed E-state index contributed by atoms with van der Waals surface area (Å²) in [5.74, 6) is -0.0934. The minimum absolute atomic E-state index is 0.0934. The molecular formula is C59H93NO3. The summed E-state index contributed by atoms with van der Waals surface area (Å²) in [6, 6.07) is -0.656. The number of rotatable bonds is 43. The summed E-state index contributed by atoms with van der Waals surface area (Å²) in [5.41, 5.74) is 0. The minimum atomic E-state index is -0.880. The quantitative estimate of drug-likeness (QED) is 0.0422. The van der Waals surface area contributed by atoms with Crippen molar-refractivity contribution in [1.29, 1.82) is 0 Å². The van der Waals surface area contributed by atoms with Gasteiger partial charge in [-0.2, -0.15) is 0 Å². The van der Waals surface area contributed by atoms with E-state index in [0.717, 1.165) is 116 Å². The van der Waals surface area contributed by atoms with E-state index in [9.17, 15) is 15.0 Å². The van der Waals surface area contributed by atoms with Crippen molar-refractivity contribution in [2.75, 3.05) is 6.61 Å². The van der Waals surface area contributed by atoms with E-state index >= 15 is 0 Å². The van der Waals surface area contributed by atoms with Crippen molar-refractivity contribution in [1.82, 2.24) is 5.32 Å². The van der Waals surface area contributed by atoms with Crippen molar-refractivity contribution in [3.8, 4) is 0 Å². The van der Waals surface area contributed by atoms with Crippen LogP contribution in [0.2, 0.25) is 0 Å². The molecule has 4 nitrogen and oxygen atoms in total. The zero-order chi connectivity index (χ0) is 45.6. The molecular weight excluding hydrogens is 771 g/mol. The van der Waals surface area contributed by atoms with Crippen molar-refractivity contribution in [2.24, 2.45) is 0 Å². The van der Waals surface area contributed by atoms with Crippen molar-refractivity contribution < 1.29 is 15.0 Å². The molecule has 0 spiro atoms. The van der Waals surface area contributed by atoms with E-state index in [0.29, 0.717) is 6.42 Å². The van der Waals surface area contributed by atoms with Crippen LogP contribution < -0.4 is 5.32 Å². The maximum atomic E-state index is 12.4. The van der Waals surface area contributed by atoms with E-state index < -0.39 is 12.1 Å². The van der Waals surface area contributed by atoms with Crippen LogP contribution in [-0.4, -0.2) is 34.9 Å². The summed E-state index contributed by atoms with van der Waals surface area (Å²) in [6.07, 6.45) is 85.3. The first-order chi connectivity index (χ1) is 31.2. The second-order valence-corrected chi connectivity index (χ2v) is 16.1. The lowest BCUT2D eigenvalue weighted by Crippen LogP contribution is -2.45. The van der Waals surface area contributed by atoms with E-state index in [1.807, 2.05) is 6.08 Å². The zero-order valence-corrected chi connectivity index (χ0v) is 40.3. The molecule has 0 aliphatic heterocycles. The van der Waals surface area contributed by atoms with Crippen molar-refractivity contribution in [3.63, 3.8) is 0 Å². The third-order valence-electron chi connectivity index (χ3n) is 10.2. The van der Waals surface area contributed by atoms with E-state index in [4.69, 9.17) is 0 Å². The molecule has 0 aliphatic carbocycles. The zero-order valence-electron chi connectivity index (χ0n) is 40.3. The van der Waals surface area contributed by atoms with Gasteiger partial charge in [0.25, 0.3) is 0 Å². The lowest BCUT2D eigenvalue weighted by molar-refractivity contribution is -0.123. The molecule has 63 heavy (non-hydrogen) atoms. The molecule has 2 atom stereocenters. The predicted octanol–water partition coefficient (Wildman–Crippen LogP) is 16.6. The van der Waals surface area contributed by atoms with Gasteiger partial charge >= 0.3 is 0 Å². The van der Waals surface area contributed by atoms with Crippen LogP contribution in [0, 0.1) is 0 Å². The lowest BCUT2D eigenvalue weighted by Gasteiger charge is -2.19. The number of allylic oxidation sites excluding steroid dienone is 25. The maximum Gasteiger partial charge on any atom is 0.220 e. The normalized spacial score (nSPS) is 14.3. The summed E-state index contributed by atoms with van der Waals surface area (Å²) in [5, 5.41) is 22.9. The molecule has 2 unspecified atom stereocenters. The Balaban J connectivity index is 3.64. The molecule has 0 heterocycles. The molecule has 0 aliphatic rings. The number of unbranched alkanes of at least 4 members (excludes halogenated alkanes) is 12. The van der Waals surface area contributed by atoms with E-state index in [-0.39, 0.29) is 12.5 Å². The maximum absolute atomic E-state index is 12.4. The number of carbonyl (C=O) groups is 1. The highest BCUT2D eigenvalue weighted by molar-refractivity contribution is 5.76. The number of hydrogen-bond acceptors (Lipinski definition) is 3. The van der Waals surface area contributed by atoms with Gasteiger partial charge in [0.1, 0.15) is 0 Å². The smallest absolute Gasteiger partial charge is 0.220 e. The fourth-order valence-corrected chi connectivity index (χ4v) is 6.48. The molecule has 3 N–H and O–H groups in total. The molecule has 0 rings (SSSR count). The van der Waals surface area contributed by atoms with Crippen LogP contribution in [0.1, 0.15) is 187 Å². The SMILES string of the molecule is CC/C=C\C/C=C\C/C=C\C/C=C\C/C=C\C/C=C\C/C=C\C/C=C\C/C=C\C/C=C\CCCCCCCCCCCCC(=O)NC(CO)C(O)/C=C/CC/C=C/CC/C=C/CC. The Hall–Kier alpha value is -3.99. The van der Waals surface area contributed by atoms with Crippen molar-refractivity contribution in [3.05, 3.63) is 158 Å². The fraction of sp³-hybridized carbons (Fsp3) is 0.542. The van der Waals surface area contributed by atoms with Gasteiger partial charge in [0.05, 0.1) is 18.8 Å². The number of aliphatic hydroxyl groups is 2. The summed E-state index contributed by atoms with van der Waals surface area (Å²) in [6.45, 7) is 4.03. The van der Waals surface area contributed by atoms with Gasteiger partial charge in [-0.1, -0.05) is 223 Å². The van der Waals surface area contributed by atoms with Crippen molar-refractivity contribution in [2.45, 2.75) is 199 Å². The summed E-state index contributed by atoms with van der Waals surface area (Å²) < 4.78 is 0. The van der Waals surface area contributed by atoms with Crippen LogP contribution in [0.25, 0.3) is 0 Å². The highest BCUT2D eigenvalue weighted by atomic mass is 16.3. The molecule has 0 radical (unpaired) electrons. The van der Waals surface area contributed by atoms with E-state index in [1.165, 1.54) is 51.4 Å². The number of nitrogens with one attached hydrogen (secondary N) is 1. The topological polar surface area (TPSA) is 69.6 Å². The van der Waals surface area contributed by atoms with Gasteiger partial charge in [-0.3, -0.25) is 4.79 Å². The monoisotopic (exact) mass is 864 g/mol. The van der Waals surface area contributed by atoms with Gasteiger partial charge in [-0.25, -0.2) is 0 Å². The number of carbonyl (C=O) groups excluding carboxylic acids is 1. The number of aliphatic hydroxyl groups excluding tert-OH is 2. The fourth-order valence-electron chi connectivity index (χ4n) is 6.48. The van der Waals surface area contributed by atoms with Gasteiger partial charge < -0.3 is 15.5 Å². The van der Waals surface area contributed by atoms with Crippen LogP contribution in [0.4, 0.5) is 0 Å². The first-order valence-electron chi connectivity index (χ1n) is 25.2. The van der Waals surface area contributed by atoms with Crippen LogP contribution in [0.15, 0.2) is 158 Å². The largest absolute Gasteiger partial charge is 0.394 e. The Morgan fingerprint density at radius 1 is 0.381 bits per heavy atom. The molecule has 0 aromatic heterocycles. The van der Waals surface area contributed by atoms with Gasteiger partial charge in [0.15, 0.2) is 0 Å². The Labute approximate surface area is 388 Å². The summed E-state index contributed by atoms with van der Waals surface area (Å²) in [7, 11) is 0. The second kappa shape index (κ2) is 52.4. The highest BCUT2D eigenvalue weighted by Gasteiger charge is 2.17. The molecule has 0 saturated carbocycles. The standard InChI is InChI=1S/C59H93NO3/c1-3-5-7-9-11-13-15-16-17-18-19-20-21-22-23-24-25-26-27-28-29-30-31-32-33-34-35-36-37-38-39-40-41-42-43-44-45-47-49-51-53-55-59(63)60-57(56-61)58(62)54-52-50-48-46-14-12-10-8-6-4-2/h5-8,11,13-14,16-17,19-20,22-23,25-26,28-29,31-32,34-35,37-38,46,52,54,57-58,61-62H,3-4,9-10,12,15,18,21,24,27,30,33,36,39-45,47-51,53,55-56H2,1-2H3,(H,60,63)/b7-5-,8-6+,13-11-,17-16-,20-19-,23-22-,26-25-,29-28-,32-31-,35-34-,38-37-,46-14+,54-52+. The molecule has 0 aromatic rings. The minimum Gasteiger partial charge on any atom is -0.394 e. The molecule has 0 fully saturated rings. The van der Waals surface area contributed by atoms with Crippen molar-refractivity contribution >= 4 is 5.91 Å². The first kappa shape index (κ1) is 59.0. The third kappa shape index (κ3) is 48.9. The van der Waals surface area contributed by atoms with Gasteiger partial charge in [0.2, 0.25) is 5.91 Å². The number of hydrogen-bond donors (Lipinski definition) is 3. The molecule has 352 valence electrons. The van der Waals surface area contributed by atoms with Gasteiger partial charge in [-0.05, 0) is 116 Å². The van der Waals surface area contributed by atoms with Crippen LogP contribution in [0.5, 0.6) is 0 Å². The summed E-state index contributed by atoms with van der Waals surface area (Å²) >= 11 is 0. The Morgan fingerprint density at radius 2 is 0.667 bits per heavy atom. The Kier molecular flexibility index (Phi) is 49.0. The molecule has 0 bridgehead atoms. The van der Waals surface area contributed by atoms with Crippen LogP contribution in [-0.2, 0) is 4.79 Å². The average molecular weight is 864 g/mol. The molecule has 4 heteroatoms. The predicted molar refractivity (Wildman–Crippen MR) is 280 cm³/mol. The van der Waals surface area contributed by atoms with E-state index in [1.54, 1.807) is 6.08 Å². The van der Waals surface area contributed by atoms with Crippen LogP contribution in [0.3, 0.4) is 0 Å². The average Bonchev–Trinajstić information content (AvgIpc) is 3.29. The van der Waals surface area contributed by atoms with Gasteiger partial charge in [-0.15, -0.1) is 0 Å².